The maximum atomic E-state index is 5.19. The van der Waals surface area contributed by atoms with Crippen LogP contribution < -0.4 is 16.6 Å². The molecule has 2 rings (SSSR count). The zero-order chi connectivity index (χ0) is 11.2. The van der Waals surface area contributed by atoms with Crippen molar-refractivity contribution in [2.75, 3.05) is 13.2 Å². The molecule has 3 nitrogen and oxygen atoms in total. The standard InChI is InChI=1S/C13H17N3/c14-16-10-15-9-8-12-6-3-5-11-4-1-2-7-13(11)12/h1-7,15-16H,8-10,14H2. The zero-order valence-electron chi connectivity index (χ0n) is 9.24. The van der Waals surface area contributed by atoms with Crippen molar-refractivity contribution < 1.29 is 0 Å². The Hall–Kier alpha value is -1.42. The van der Waals surface area contributed by atoms with Gasteiger partial charge in [0, 0.05) is 6.54 Å². The third kappa shape index (κ3) is 2.58. The number of nitrogens with one attached hydrogen (secondary N) is 2. The van der Waals surface area contributed by atoms with Crippen molar-refractivity contribution in [3.63, 3.8) is 0 Å². The Morgan fingerprint density at radius 1 is 1.00 bits per heavy atom. The summed E-state index contributed by atoms with van der Waals surface area (Å²) in [6, 6.07) is 14.9. The molecule has 0 fully saturated rings. The molecule has 0 amide bonds. The van der Waals surface area contributed by atoms with Crippen LogP contribution in [0.4, 0.5) is 0 Å². The van der Waals surface area contributed by atoms with E-state index in [0.29, 0.717) is 6.67 Å². The molecule has 0 unspecified atom stereocenters. The fraction of sp³-hybridized carbons (Fsp3) is 0.231. The van der Waals surface area contributed by atoms with Gasteiger partial charge in [-0.1, -0.05) is 42.5 Å². The van der Waals surface area contributed by atoms with E-state index in [4.69, 9.17) is 5.84 Å². The highest BCUT2D eigenvalue weighted by Crippen LogP contribution is 2.18. The molecule has 84 valence electrons. The molecule has 0 spiro atoms. The minimum absolute atomic E-state index is 0.644. The second kappa shape index (κ2) is 5.61. The lowest BCUT2D eigenvalue weighted by atomic mass is 10.0. The van der Waals surface area contributed by atoms with Crippen LogP contribution in [-0.2, 0) is 6.42 Å². The minimum Gasteiger partial charge on any atom is -0.303 e. The van der Waals surface area contributed by atoms with Gasteiger partial charge in [-0.3, -0.25) is 5.84 Å². The predicted octanol–water partition coefficient (Wildman–Crippen LogP) is 1.39. The quantitative estimate of drug-likeness (QED) is 0.306. The van der Waals surface area contributed by atoms with Gasteiger partial charge in [0.05, 0.1) is 6.67 Å². The van der Waals surface area contributed by atoms with E-state index in [1.807, 2.05) is 0 Å². The van der Waals surface area contributed by atoms with E-state index < -0.39 is 0 Å². The second-order valence-electron chi connectivity index (χ2n) is 3.77. The molecule has 0 atom stereocenters. The lowest BCUT2D eigenvalue weighted by Gasteiger charge is -2.07. The van der Waals surface area contributed by atoms with Crippen LogP contribution in [-0.4, -0.2) is 13.2 Å². The fourth-order valence-electron chi connectivity index (χ4n) is 1.89. The zero-order valence-corrected chi connectivity index (χ0v) is 9.24. The molecule has 2 aromatic carbocycles. The van der Waals surface area contributed by atoms with Gasteiger partial charge in [-0.2, -0.15) is 0 Å². The van der Waals surface area contributed by atoms with E-state index in [0.717, 1.165) is 13.0 Å². The molecule has 0 bridgehead atoms. The first-order chi connectivity index (χ1) is 7.92. The maximum absolute atomic E-state index is 5.19. The molecular weight excluding hydrogens is 198 g/mol. The Kier molecular flexibility index (Phi) is 3.88. The number of benzene rings is 2. The van der Waals surface area contributed by atoms with Crippen LogP contribution in [0.15, 0.2) is 42.5 Å². The van der Waals surface area contributed by atoms with Crippen LogP contribution in [0.2, 0.25) is 0 Å². The van der Waals surface area contributed by atoms with E-state index in [9.17, 15) is 0 Å². The van der Waals surface area contributed by atoms with Gasteiger partial charge in [-0.15, -0.1) is 0 Å². The molecule has 3 heteroatoms. The number of nitrogens with two attached hydrogens (primary N) is 1. The molecular formula is C13H17N3. The second-order valence-corrected chi connectivity index (χ2v) is 3.77. The van der Waals surface area contributed by atoms with E-state index in [1.165, 1.54) is 16.3 Å². The summed E-state index contributed by atoms with van der Waals surface area (Å²) in [5.41, 5.74) is 3.96. The number of hydrazine groups is 1. The van der Waals surface area contributed by atoms with E-state index >= 15 is 0 Å². The molecule has 2 aromatic rings. The Bertz CT molecular complexity index is 448. The van der Waals surface area contributed by atoms with Crippen molar-refractivity contribution in [3.8, 4) is 0 Å². The molecule has 0 aliphatic heterocycles. The number of rotatable bonds is 5. The van der Waals surface area contributed by atoms with Crippen LogP contribution in [0.1, 0.15) is 5.56 Å². The summed E-state index contributed by atoms with van der Waals surface area (Å²) >= 11 is 0. The number of hydrogen-bond donors (Lipinski definition) is 3. The predicted molar refractivity (Wildman–Crippen MR) is 67.8 cm³/mol. The Morgan fingerprint density at radius 3 is 2.69 bits per heavy atom. The van der Waals surface area contributed by atoms with Crippen molar-refractivity contribution in [1.82, 2.24) is 10.7 Å². The van der Waals surface area contributed by atoms with Gasteiger partial charge < -0.3 is 5.32 Å². The summed E-state index contributed by atoms with van der Waals surface area (Å²) in [5, 5.41) is 5.86. The van der Waals surface area contributed by atoms with Crippen molar-refractivity contribution in [3.05, 3.63) is 48.0 Å². The molecule has 0 aromatic heterocycles. The number of fused-ring (bicyclic) bond motifs is 1. The van der Waals surface area contributed by atoms with Crippen LogP contribution >= 0.6 is 0 Å². The van der Waals surface area contributed by atoms with Gasteiger partial charge in [0.25, 0.3) is 0 Å². The average molecular weight is 215 g/mol. The number of hydrogen-bond acceptors (Lipinski definition) is 3. The average Bonchev–Trinajstić information content (AvgIpc) is 2.35. The Morgan fingerprint density at radius 2 is 1.81 bits per heavy atom. The molecule has 4 N–H and O–H groups in total. The van der Waals surface area contributed by atoms with Crippen LogP contribution in [0.5, 0.6) is 0 Å². The van der Waals surface area contributed by atoms with Crippen molar-refractivity contribution >= 4 is 10.8 Å². The summed E-state index contributed by atoms with van der Waals surface area (Å²) in [7, 11) is 0. The summed E-state index contributed by atoms with van der Waals surface area (Å²) in [6.07, 6.45) is 1.02. The lowest BCUT2D eigenvalue weighted by Crippen LogP contribution is -2.34. The van der Waals surface area contributed by atoms with Crippen LogP contribution in [0, 0.1) is 0 Å². The van der Waals surface area contributed by atoms with Crippen molar-refractivity contribution in [2.24, 2.45) is 5.84 Å². The van der Waals surface area contributed by atoms with Gasteiger partial charge in [0.1, 0.15) is 0 Å². The molecule has 0 saturated carbocycles. The third-order valence-electron chi connectivity index (χ3n) is 2.68. The first kappa shape index (κ1) is 11.1. The summed E-state index contributed by atoms with van der Waals surface area (Å²) in [4.78, 5) is 0. The van der Waals surface area contributed by atoms with E-state index in [-0.39, 0.29) is 0 Å². The topological polar surface area (TPSA) is 50.1 Å². The minimum atomic E-state index is 0.644. The lowest BCUT2D eigenvalue weighted by molar-refractivity contribution is 0.602. The normalized spacial score (nSPS) is 10.8. The Balaban J connectivity index is 2.11. The highest BCUT2D eigenvalue weighted by atomic mass is 15.3. The smallest absolute Gasteiger partial charge is 0.0587 e. The van der Waals surface area contributed by atoms with Gasteiger partial charge in [0.15, 0.2) is 0 Å². The first-order valence-electron chi connectivity index (χ1n) is 5.52. The van der Waals surface area contributed by atoms with Gasteiger partial charge in [0.2, 0.25) is 0 Å². The molecule has 16 heavy (non-hydrogen) atoms. The van der Waals surface area contributed by atoms with Gasteiger partial charge in [-0.05, 0) is 22.8 Å². The van der Waals surface area contributed by atoms with E-state index in [1.54, 1.807) is 0 Å². The SMILES string of the molecule is NNCNCCc1cccc2ccccc12. The van der Waals surface area contributed by atoms with Crippen LogP contribution in [0.25, 0.3) is 10.8 Å². The van der Waals surface area contributed by atoms with Gasteiger partial charge in [-0.25, -0.2) is 5.43 Å². The molecule has 0 aliphatic rings. The monoisotopic (exact) mass is 215 g/mol. The van der Waals surface area contributed by atoms with Crippen molar-refractivity contribution in [2.45, 2.75) is 6.42 Å². The van der Waals surface area contributed by atoms with E-state index in [2.05, 4.69) is 53.2 Å². The Labute approximate surface area is 95.6 Å². The fourth-order valence-corrected chi connectivity index (χ4v) is 1.89. The highest BCUT2D eigenvalue weighted by Gasteiger charge is 1.99. The van der Waals surface area contributed by atoms with Gasteiger partial charge >= 0.3 is 0 Å². The maximum Gasteiger partial charge on any atom is 0.0587 e. The molecule has 0 radical (unpaired) electrons. The summed E-state index contributed by atoms with van der Waals surface area (Å²) in [5.74, 6) is 5.19. The van der Waals surface area contributed by atoms with Crippen LogP contribution in [0.3, 0.4) is 0 Å². The third-order valence-corrected chi connectivity index (χ3v) is 2.68. The highest BCUT2D eigenvalue weighted by molar-refractivity contribution is 5.85. The first-order valence-corrected chi connectivity index (χ1v) is 5.52. The molecule has 0 aliphatic carbocycles. The molecule has 0 heterocycles. The summed E-state index contributed by atoms with van der Waals surface area (Å²) in [6.45, 7) is 1.57. The molecule has 0 saturated heterocycles. The summed E-state index contributed by atoms with van der Waals surface area (Å²) < 4.78 is 0. The van der Waals surface area contributed by atoms with Crippen molar-refractivity contribution in [1.29, 1.82) is 0 Å². The largest absolute Gasteiger partial charge is 0.303 e.